The molecule has 1 nitrogen and oxygen atoms in total. The van der Waals surface area contributed by atoms with Gasteiger partial charge >= 0.3 is 0 Å². The molecule has 0 aliphatic carbocycles. The van der Waals surface area contributed by atoms with Crippen LogP contribution in [-0.2, 0) is 5.88 Å². The van der Waals surface area contributed by atoms with Crippen LogP contribution in [0.15, 0.2) is 30.6 Å². The number of hydrogen-bond donors (Lipinski definition) is 0. The van der Waals surface area contributed by atoms with E-state index in [0.29, 0.717) is 11.4 Å². The molecule has 0 unspecified atom stereocenters. The molecule has 2 aromatic rings. The maximum atomic E-state index is 13.1. The van der Waals surface area contributed by atoms with Gasteiger partial charge in [0.25, 0.3) is 0 Å². The number of rotatable bonds is 2. The van der Waals surface area contributed by atoms with Crippen LogP contribution in [0.3, 0.4) is 0 Å². The van der Waals surface area contributed by atoms with E-state index in [1.165, 1.54) is 12.1 Å². The standard InChI is InChI=1S/C12H7Cl3FN/c13-4-7-1-8(6-17-5-7)12-10(14)2-9(16)3-11(12)15/h1-3,5-6H,4H2. The van der Waals surface area contributed by atoms with Crippen LogP contribution in [0.1, 0.15) is 5.56 Å². The first-order chi connectivity index (χ1) is 8.11. The third-order valence-corrected chi connectivity index (χ3v) is 3.15. The predicted octanol–water partition coefficient (Wildman–Crippen LogP) is 4.93. The molecule has 0 aliphatic heterocycles. The number of nitrogens with zero attached hydrogens (tertiary/aromatic N) is 1. The molecule has 0 spiro atoms. The fraction of sp³-hybridized carbons (Fsp3) is 0.0833. The molecule has 17 heavy (non-hydrogen) atoms. The van der Waals surface area contributed by atoms with Crippen molar-refractivity contribution >= 4 is 34.8 Å². The lowest BCUT2D eigenvalue weighted by atomic mass is 10.1. The van der Waals surface area contributed by atoms with E-state index in [4.69, 9.17) is 34.8 Å². The SMILES string of the molecule is Fc1cc(Cl)c(-c2cncc(CCl)c2)c(Cl)c1. The molecule has 2 rings (SSSR count). The molecule has 0 saturated heterocycles. The summed E-state index contributed by atoms with van der Waals surface area (Å²) < 4.78 is 13.1. The fourth-order valence-corrected chi connectivity index (χ4v) is 2.34. The second-order valence-corrected chi connectivity index (χ2v) is 4.54. The summed E-state index contributed by atoms with van der Waals surface area (Å²) in [4.78, 5) is 4.04. The van der Waals surface area contributed by atoms with Crippen molar-refractivity contribution in [3.63, 3.8) is 0 Å². The molecule has 0 amide bonds. The molecule has 5 heteroatoms. The molecule has 0 bridgehead atoms. The van der Waals surface area contributed by atoms with Crippen molar-refractivity contribution < 1.29 is 4.39 Å². The molecule has 0 aliphatic rings. The van der Waals surface area contributed by atoms with Gasteiger partial charge in [-0.05, 0) is 23.8 Å². The van der Waals surface area contributed by atoms with E-state index >= 15 is 0 Å². The highest BCUT2D eigenvalue weighted by Crippen LogP contribution is 2.35. The minimum atomic E-state index is -0.467. The van der Waals surface area contributed by atoms with Crippen LogP contribution in [0.4, 0.5) is 4.39 Å². The van der Waals surface area contributed by atoms with Crippen molar-refractivity contribution in [2.24, 2.45) is 0 Å². The van der Waals surface area contributed by atoms with E-state index in [1.807, 2.05) is 6.07 Å². The van der Waals surface area contributed by atoms with Crippen LogP contribution in [0, 0.1) is 5.82 Å². The van der Waals surface area contributed by atoms with Gasteiger partial charge in [-0.2, -0.15) is 0 Å². The molecule has 1 aromatic carbocycles. The minimum absolute atomic E-state index is 0.253. The summed E-state index contributed by atoms with van der Waals surface area (Å²) in [6.07, 6.45) is 3.27. The van der Waals surface area contributed by atoms with Crippen molar-refractivity contribution in [3.8, 4) is 11.1 Å². The number of pyridine rings is 1. The van der Waals surface area contributed by atoms with Crippen molar-refractivity contribution in [3.05, 3.63) is 52.0 Å². The number of alkyl halides is 1. The summed E-state index contributed by atoms with van der Waals surface area (Å²) in [6, 6.07) is 4.26. The smallest absolute Gasteiger partial charge is 0.126 e. The van der Waals surface area contributed by atoms with Crippen LogP contribution >= 0.6 is 34.8 Å². The van der Waals surface area contributed by atoms with Crippen LogP contribution in [-0.4, -0.2) is 4.98 Å². The van der Waals surface area contributed by atoms with Gasteiger partial charge in [0, 0.05) is 29.4 Å². The van der Waals surface area contributed by atoms with Crippen LogP contribution < -0.4 is 0 Å². The van der Waals surface area contributed by atoms with Crippen molar-refractivity contribution in [2.75, 3.05) is 0 Å². The average molecular weight is 291 g/mol. The van der Waals surface area contributed by atoms with Gasteiger partial charge in [-0.15, -0.1) is 11.6 Å². The second-order valence-electron chi connectivity index (χ2n) is 3.46. The molecule has 0 fully saturated rings. The monoisotopic (exact) mass is 289 g/mol. The number of hydrogen-bond acceptors (Lipinski definition) is 1. The Morgan fingerprint density at radius 3 is 2.29 bits per heavy atom. The number of benzene rings is 1. The topological polar surface area (TPSA) is 12.9 Å². The third-order valence-electron chi connectivity index (χ3n) is 2.24. The molecule has 1 aromatic heterocycles. The van der Waals surface area contributed by atoms with Gasteiger partial charge in [-0.25, -0.2) is 4.39 Å². The summed E-state index contributed by atoms with van der Waals surface area (Å²) in [5.74, 6) is -0.123. The van der Waals surface area contributed by atoms with Gasteiger partial charge in [0.05, 0.1) is 10.0 Å². The molecular weight excluding hydrogens is 283 g/mol. The van der Waals surface area contributed by atoms with Crippen LogP contribution in [0.2, 0.25) is 10.0 Å². The van der Waals surface area contributed by atoms with Gasteiger partial charge in [-0.3, -0.25) is 4.98 Å². The fourth-order valence-electron chi connectivity index (χ4n) is 1.52. The van der Waals surface area contributed by atoms with Crippen LogP contribution in [0.5, 0.6) is 0 Å². The predicted molar refractivity (Wildman–Crippen MR) is 69.2 cm³/mol. The van der Waals surface area contributed by atoms with Crippen molar-refractivity contribution in [1.29, 1.82) is 0 Å². The first kappa shape index (κ1) is 12.6. The third kappa shape index (κ3) is 2.71. The Bertz CT molecular complexity index is 534. The zero-order valence-electron chi connectivity index (χ0n) is 8.55. The summed E-state index contributed by atoms with van der Waals surface area (Å²) in [5, 5.41) is 0.507. The summed E-state index contributed by atoms with van der Waals surface area (Å²) in [7, 11) is 0. The zero-order valence-corrected chi connectivity index (χ0v) is 10.8. The van der Waals surface area contributed by atoms with Gasteiger partial charge in [0.1, 0.15) is 5.82 Å². The van der Waals surface area contributed by atoms with Gasteiger partial charge in [0.15, 0.2) is 0 Å². The lowest BCUT2D eigenvalue weighted by molar-refractivity contribution is 0.628. The van der Waals surface area contributed by atoms with E-state index in [1.54, 1.807) is 12.4 Å². The highest BCUT2D eigenvalue weighted by atomic mass is 35.5. The molecule has 1 heterocycles. The molecule has 88 valence electrons. The number of aromatic nitrogens is 1. The first-order valence-electron chi connectivity index (χ1n) is 4.76. The van der Waals surface area contributed by atoms with E-state index in [-0.39, 0.29) is 10.0 Å². The first-order valence-corrected chi connectivity index (χ1v) is 6.05. The minimum Gasteiger partial charge on any atom is -0.264 e. The van der Waals surface area contributed by atoms with Crippen molar-refractivity contribution in [1.82, 2.24) is 4.98 Å². The summed E-state index contributed by atoms with van der Waals surface area (Å²) in [6.45, 7) is 0. The maximum Gasteiger partial charge on any atom is 0.126 e. The molecular formula is C12H7Cl3FN. The molecule has 0 radical (unpaired) electrons. The van der Waals surface area contributed by atoms with Gasteiger partial charge in [0.2, 0.25) is 0 Å². The summed E-state index contributed by atoms with van der Waals surface area (Å²) >= 11 is 17.7. The lowest BCUT2D eigenvalue weighted by Crippen LogP contribution is -1.88. The van der Waals surface area contributed by atoms with E-state index in [2.05, 4.69) is 4.98 Å². The van der Waals surface area contributed by atoms with Gasteiger partial charge < -0.3 is 0 Å². The highest BCUT2D eigenvalue weighted by Gasteiger charge is 2.11. The Morgan fingerprint density at radius 1 is 1.06 bits per heavy atom. The van der Waals surface area contributed by atoms with Gasteiger partial charge in [-0.1, -0.05) is 23.2 Å². The van der Waals surface area contributed by atoms with E-state index < -0.39 is 5.82 Å². The largest absolute Gasteiger partial charge is 0.264 e. The highest BCUT2D eigenvalue weighted by molar-refractivity contribution is 6.39. The summed E-state index contributed by atoms with van der Waals surface area (Å²) in [5.41, 5.74) is 2.13. The average Bonchev–Trinajstić information content (AvgIpc) is 2.28. The Balaban J connectivity index is 2.60. The Labute approximate surface area is 113 Å². The lowest BCUT2D eigenvalue weighted by Gasteiger charge is -2.08. The van der Waals surface area contributed by atoms with Crippen LogP contribution in [0.25, 0.3) is 11.1 Å². The molecule has 0 N–H and O–H groups in total. The maximum absolute atomic E-state index is 13.1. The Kier molecular flexibility index (Phi) is 3.87. The Morgan fingerprint density at radius 2 is 1.71 bits per heavy atom. The number of halogens is 4. The van der Waals surface area contributed by atoms with E-state index in [0.717, 1.165) is 11.1 Å². The molecule has 0 atom stereocenters. The van der Waals surface area contributed by atoms with E-state index in [9.17, 15) is 4.39 Å². The zero-order chi connectivity index (χ0) is 12.4. The quantitative estimate of drug-likeness (QED) is 0.714. The molecule has 0 saturated carbocycles. The second kappa shape index (κ2) is 5.21. The van der Waals surface area contributed by atoms with Crippen molar-refractivity contribution in [2.45, 2.75) is 5.88 Å². The normalized spacial score (nSPS) is 10.6. The Hall–Kier alpha value is -0.830.